The molecule has 4 heteroatoms. The second-order valence-electron chi connectivity index (χ2n) is 4.19. The van der Waals surface area contributed by atoms with E-state index in [9.17, 15) is 4.79 Å². The Balaban J connectivity index is 2.85. The van der Waals surface area contributed by atoms with E-state index in [2.05, 4.69) is 15.9 Å². The maximum atomic E-state index is 11.6. The summed E-state index contributed by atoms with van der Waals surface area (Å²) in [5, 5.41) is 0. The van der Waals surface area contributed by atoms with E-state index in [0.717, 1.165) is 5.56 Å². The molecule has 78 valence electrons. The lowest BCUT2D eigenvalue weighted by atomic mass is 10.2. The quantitative estimate of drug-likeness (QED) is 0.716. The topological polar surface area (TPSA) is 31.2 Å². The second kappa shape index (κ2) is 3.77. The lowest BCUT2D eigenvalue weighted by Crippen LogP contribution is -2.26. The fraction of sp³-hybridized carbons (Fsp3) is 0.500. The highest BCUT2D eigenvalue weighted by Crippen LogP contribution is 2.17. The highest BCUT2D eigenvalue weighted by atomic mass is 79.9. The smallest absolute Gasteiger partial charge is 0.419 e. The molecule has 0 saturated carbocycles. The average molecular weight is 260 g/mol. The third kappa shape index (κ3) is 2.87. The maximum Gasteiger partial charge on any atom is 0.419 e. The van der Waals surface area contributed by atoms with Crippen LogP contribution in [0.25, 0.3) is 0 Å². The van der Waals surface area contributed by atoms with Crippen LogP contribution in [0.2, 0.25) is 0 Å². The Hall–Kier alpha value is -0.770. The number of hydrogen-bond acceptors (Lipinski definition) is 2. The molecule has 1 aromatic heterocycles. The van der Waals surface area contributed by atoms with Crippen LogP contribution in [0.4, 0.5) is 4.79 Å². The molecule has 0 unspecified atom stereocenters. The first-order chi connectivity index (χ1) is 6.29. The highest BCUT2D eigenvalue weighted by molar-refractivity contribution is 9.10. The van der Waals surface area contributed by atoms with E-state index in [1.807, 2.05) is 33.8 Å². The number of aryl methyl sites for hydroxylation is 1. The highest BCUT2D eigenvalue weighted by Gasteiger charge is 2.18. The van der Waals surface area contributed by atoms with Gasteiger partial charge in [0.1, 0.15) is 5.60 Å². The van der Waals surface area contributed by atoms with Crippen LogP contribution < -0.4 is 0 Å². The van der Waals surface area contributed by atoms with Crippen molar-refractivity contribution in [2.75, 3.05) is 0 Å². The van der Waals surface area contributed by atoms with Crippen LogP contribution >= 0.6 is 15.9 Å². The zero-order chi connectivity index (χ0) is 10.9. The number of hydrogen-bond donors (Lipinski definition) is 0. The van der Waals surface area contributed by atoms with Crippen LogP contribution in [0, 0.1) is 6.92 Å². The first-order valence-corrected chi connectivity index (χ1v) is 5.17. The summed E-state index contributed by atoms with van der Waals surface area (Å²) in [5.41, 5.74) is 0.553. The van der Waals surface area contributed by atoms with Crippen molar-refractivity contribution in [3.05, 3.63) is 22.4 Å². The van der Waals surface area contributed by atoms with Gasteiger partial charge in [0.15, 0.2) is 0 Å². The van der Waals surface area contributed by atoms with Crippen LogP contribution in [-0.4, -0.2) is 16.3 Å². The molecular weight excluding hydrogens is 246 g/mol. The zero-order valence-electron chi connectivity index (χ0n) is 8.80. The van der Waals surface area contributed by atoms with Gasteiger partial charge in [-0.05, 0) is 55.3 Å². The third-order valence-corrected chi connectivity index (χ3v) is 2.11. The van der Waals surface area contributed by atoms with Crippen molar-refractivity contribution in [1.29, 1.82) is 0 Å². The number of rotatable bonds is 0. The van der Waals surface area contributed by atoms with Gasteiger partial charge < -0.3 is 4.74 Å². The van der Waals surface area contributed by atoms with Gasteiger partial charge in [-0.1, -0.05) is 0 Å². The minimum absolute atomic E-state index is 0.363. The van der Waals surface area contributed by atoms with Gasteiger partial charge in [-0.15, -0.1) is 0 Å². The largest absolute Gasteiger partial charge is 0.443 e. The van der Waals surface area contributed by atoms with Gasteiger partial charge in [-0.2, -0.15) is 0 Å². The first-order valence-electron chi connectivity index (χ1n) is 4.37. The molecule has 0 radical (unpaired) electrons. The Kier molecular flexibility index (Phi) is 3.04. The van der Waals surface area contributed by atoms with Crippen LogP contribution in [0.15, 0.2) is 16.9 Å². The Morgan fingerprint density at radius 3 is 2.43 bits per heavy atom. The van der Waals surface area contributed by atoms with Crippen molar-refractivity contribution in [3.63, 3.8) is 0 Å². The summed E-state index contributed by atoms with van der Waals surface area (Å²) in [5.74, 6) is 0. The number of aromatic nitrogens is 1. The van der Waals surface area contributed by atoms with Gasteiger partial charge in [0.2, 0.25) is 0 Å². The van der Waals surface area contributed by atoms with E-state index >= 15 is 0 Å². The van der Waals surface area contributed by atoms with Crippen LogP contribution in [-0.2, 0) is 4.74 Å². The lowest BCUT2D eigenvalue weighted by Gasteiger charge is -2.19. The molecular formula is C10H14BrNO2. The lowest BCUT2D eigenvalue weighted by molar-refractivity contribution is 0.0533. The molecule has 1 aromatic rings. The summed E-state index contributed by atoms with van der Waals surface area (Å²) < 4.78 is 7.37. The molecule has 1 heterocycles. The molecule has 0 N–H and O–H groups in total. The zero-order valence-corrected chi connectivity index (χ0v) is 10.4. The van der Waals surface area contributed by atoms with Gasteiger partial charge >= 0.3 is 6.09 Å². The molecule has 0 aromatic carbocycles. The average Bonchev–Trinajstić information content (AvgIpc) is 2.26. The maximum absolute atomic E-state index is 11.6. The third-order valence-electron chi connectivity index (χ3n) is 1.50. The molecule has 0 bridgehead atoms. The van der Waals surface area contributed by atoms with E-state index in [1.165, 1.54) is 4.57 Å². The summed E-state index contributed by atoms with van der Waals surface area (Å²) >= 11 is 3.29. The number of ether oxygens (including phenoxy) is 1. The molecule has 14 heavy (non-hydrogen) atoms. The van der Waals surface area contributed by atoms with Crippen LogP contribution in [0.1, 0.15) is 26.3 Å². The van der Waals surface area contributed by atoms with Crippen molar-refractivity contribution in [2.45, 2.75) is 33.3 Å². The number of halogens is 1. The predicted octanol–water partition coefficient (Wildman–Crippen LogP) is 3.34. The van der Waals surface area contributed by atoms with E-state index in [1.54, 1.807) is 6.20 Å². The van der Waals surface area contributed by atoms with Crippen molar-refractivity contribution in [2.24, 2.45) is 0 Å². The summed E-state index contributed by atoms with van der Waals surface area (Å²) in [6, 6.07) is 1.86. The minimum Gasteiger partial charge on any atom is -0.443 e. The molecule has 3 nitrogen and oxygen atoms in total. The number of carbonyl (C=O) groups is 1. The predicted molar refractivity (Wildman–Crippen MR) is 58.5 cm³/mol. The van der Waals surface area contributed by atoms with Crippen molar-refractivity contribution in [3.8, 4) is 0 Å². The van der Waals surface area contributed by atoms with E-state index in [4.69, 9.17) is 4.74 Å². The normalized spacial score (nSPS) is 11.5. The summed E-state index contributed by atoms with van der Waals surface area (Å²) in [6.45, 7) is 7.45. The summed E-state index contributed by atoms with van der Waals surface area (Å²) in [7, 11) is 0. The number of nitrogens with zero attached hydrogens (tertiary/aromatic N) is 1. The molecule has 0 spiro atoms. The fourth-order valence-electron chi connectivity index (χ4n) is 1.01. The molecule has 0 saturated heterocycles. The van der Waals surface area contributed by atoms with Gasteiger partial charge in [0.05, 0.1) is 4.60 Å². The Bertz CT molecular complexity index is 349. The van der Waals surface area contributed by atoms with Crippen molar-refractivity contribution in [1.82, 2.24) is 4.57 Å². The molecule has 0 aliphatic carbocycles. The molecule has 0 fully saturated rings. The monoisotopic (exact) mass is 259 g/mol. The van der Waals surface area contributed by atoms with Gasteiger partial charge in [0, 0.05) is 6.20 Å². The van der Waals surface area contributed by atoms with Crippen LogP contribution in [0.5, 0.6) is 0 Å². The summed E-state index contributed by atoms with van der Waals surface area (Å²) in [6.07, 6.45) is 1.37. The first kappa shape index (κ1) is 11.3. The van der Waals surface area contributed by atoms with Gasteiger partial charge in [-0.25, -0.2) is 9.36 Å². The Labute approximate surface area is 92.2 Å². The Morgan fingerprint density at radius 2 is 2.07 bits per heavy atom. The standard InChI is InChI=1S/C10H14BrNO2/c1-7-5-8(11)12(6-7)9(13)14-10(2,3)4/h5-6H,1-4H3. The van der Waals surface area contributed by atoms with Crippen molar-refractivity contribution < 1.29 is 9.53 Å². The minimum atomic E-state index is -0.464. The molecule has 0 amide bonds. The van der Waals surface area contributed by atoms with E-state index in [0.29, 0.717) is 4.60 Å². The van der Waals surface area contributed by atoms with E-state index < -0.39 is 5.60 Å². The van der Waals surface area contributed by atoms with Gasteiger partial charge in [-0.3, -0.25) is 0 Å². The molecule has 1 rings (SSSR count). The summed E-state index contributed by atoms with van der Waals surface area (Å²) in [4.78, 5) is 11.6. The second-order valence-corrected chi connectivity index (χ2v) is 5.00. The number of carbonyl (C=O) groups excluding carboxylic acids is 1. The van der Waals surface area contributed by atoms with Crippen molar-refractivity contribution >= 4 is 22.0 Å². The SMILES string of the molecule is Cc1cc(Br)n(C(=O)OC(C)(C)C)c1. The van der Waals surface area contributed by atoms with Crippen LogP contribution in [0.3, 0.4) is 0 Å². The molecule has 0 aliphatic heterocycles. The van der Waals surface area contributed by atoms with Gasteiger partial charge in [0.25, 0.3) is 0 Å². The fourth-order valence-corrected chi connectivity index (χ4v) is 1.62. The van der Waals surface area contributed by atoms with E-state index in [-0.39, 0.29) is 6.09 Å². The molecule has 0 aliphatic rings. The Morgan fingerprint density at radius 1 is 1.50 bits per heavy atom. The molecule has 0 atom stereocenters.